The van der Waals surface area contributed by atoms with Gasteiger partial charge in [-0.2, -0.15) is 5.10 Å². The number of rotatable bonds is 4. The van der Waals surface area contributed by atoms with E-state index in [9.17, 15) is 9.90 Å². The number of carbonyl (C=O) groups is 1. The summed E-state index contributed by atoms with van der Waals surface area (Å²) in [6.07, 6.45) is 2.82. The van der Waals surface area contributed by atoms with Gasteiger partial charge in [0.2, 0.25) is 5.91 Å². The number of piperidine rings is 1. The van der Waals surface area contributed by atoms with Gasteiger partial charge in [0.05, 0.1) is 29.9 Å². The van der Waals surface area contributed by atoms with Gasteiger partial charge in [0.1, 0.15) is 0 Å². The highest BCUT2D eigenvalue weighted by atomic mass is 16.3. The van der Waals surface area contributed by atoms with Gasteiger partial charge in [-0.15, -0.1) is 0 Å². The number of hydrogen-bond donors (Lipinski definition) is 1. The molecule has 0 bridgehead atoms. The third-order valence-corrected chi connectivity index (χ3v) is 5.20. The van der Waals surface area contributed by atoms with Crippen LogP contribution in [-0.2, 0) is 11.2 Å². The van der Waals surface area contributed by atoms with Crippen molar-refractivity contribution in [2.24, 2.45) is 0 Å². The van der Waals surface area contributed by atoms with Crippen molar-refractivity contribution < 1.29 is 9.90 Å². The highest BCUT2D eigenvalue weighted by molar-refractivity contribution is 5.80. The zero-order chi connectivity index (χ0) is 18.0. The van der Waals surface area contributed by atoms with E-state index in [1.54, 1.807) is 6.92 Å². The summed E-state index contributed by atoms with van der Waals surface area (Å²) in [6, 6.07) is 9.91. The number of aryl methyl sites for hydroxylation is 1. The Hall–Kier alpha value is -2.14. The van der Waals surface area contributed by atoms with Crippen LogP contribution in [0, 0.1) is 13.8 Å². The van der Waals surface area contributed by atoms with Gasteiger partial charge in [0, 0.05) is 17.8 Å². The largest absolute Gasteiger partial charge is 0.391 e. The monoisotopic (exact) mass is 341 g/mol. The number of benzene rings is 1. The van der Waals surface area contributed by atoms with E-state index in [1.807, 2.05) is 53.8 Å². The van der Waals surface area contributed by atoms with Crippen LogP contribution in [-0.4, -0.2) is 44.4 Å². The van der Waals surface area contributed by atoms with E-state index < -0.39 is 6.10 Å². The first-order valence-corrected chi connectivity index (χ1v) is 9.07. The number of aliphatic hydroxyl groups is 1. The second-order valence-electron chi connectivity index (χ2n) is 6.96. The van der Waals surface area contributed by atoms with E-state index >= 15 is 0 Å². The highest BCUT2D eigenvalue weighted by Crippen LogP contribution is 2.23. The predicted molar refractivity (Wildman–Crippen MR) is 97.8 cm³/mol. The molecule has 1 aromatic carbocycles. The smallest absolute Gasteiger partial charge is 0.227 e. The van der Waals surface area contributed by atoms with Crippen LogP contribution in [0.4, 0.5) is 0 Å². The number of likely N-dealkylation sites (tertiary alicyclic amines) is 1. The van der Waals surface area contributed by atoms with Crippen LogP contribution in [0.15, 0.2) is 30.3 Å². The summed E-state index contributed by atoms with van der Waals surface area (Å²) in [5.74, 6) is 0.0874. The lowest BCUT2D eigenvalue weighted by atomic mass is 9.97. The van der Waals surface area contributed by atoms with E-state index in [0.717, 1.165) is 48.4 Å². The zero-order valence-electron chi connectivity index (χ0n) is 15.3. The number of amides is 1. The standard InChI is InChI=1S/C20H27N3O2/c1-14-18(15(2)23(21-14)17-9-5-4-6-10-17)13-20(25)22-12-8-7-11-19(22)16(3)24/h4-6,9-10,16,19,24H,7-8,11-13H2,1-3H3. The van der Waals surface area contributed by atoms with E-state index in [1.165, 1.54) is 0 Å². The number of hydrogen-bond acceptors (Lipinski definition) is 3. The van der Waals surface area contributed by atoms with Gasteiger partial charge in [-0.3, -0.25) is 4.79 Å². The molecule has 1 fully saturated rings. The van der Waals surface area contributed by atoms with Gasteiger partial charge in [-0.25, -0.2) is 4.68 Å². The van der Waals surface area contributed by atoms with E-state index in [-0.39, 0.29) is 11.9 Å². The molecule has 1 saturated heterocycles. The van der Waals surface area contributed by atoms with Gasteiger partial charge < -0.3 is 10.0 Å². The summed E-state index contributed by atoms with van der Waals surface area (Å²) in [7, 11) is 0. The number of aliphatic hydroxyl groups excluding tert-OH is 1. The minimum Gasteiger partial charge on any atom is -0.391 e. The summed E-state index contributed by atoms with van der Waals surface area (Å²) in [4.78, 5) is 14.8. The molecule has 0 radical (unpaired) electrons. The minimum atomic E-state index is -0.488. The summed E-state index contributed by atoms with van der Waals surface area (Å²) >= 11 is 0. The molecular formula is C20H27N3O2. The summed E-state index contributed by atoms with van der Waals surface area (Å²) in [5.41, 5.74) is 3.88. The van der Waals surface area contributed by atoms with Crippen molar-refractivity contribution in [2.45, 2.75) is 58.6 Å². The Morgan fingerprint density at radius 3 is 2.68 bits per heavy atom. The van der Waals surface area contributed by atoms with Crippen molar-refractivity contribution in [3.8, 4) is 5.69 Å². The average Bonchev–Trinajstić information content (AvgIpc) is 2.90. The second-order valence-corrected chi connectivity index (χ2v) is 6.96. The number of carbonyl (C=O) groups excluding carboxylic acids is 1. The van der Waals surface area contributed by atoms with Crippen LogP contribution in [0.3, 0.4) is 0 Å². The lowest BCUT2D eigenvalue weighted by Gasteiger charge is -2.37. The van der Waals surface area contributed by atoms with E-state index in [0.29, 0.717) is 6.42 Å². The highest BCUT2D eigenvalue weighted by Gasteiger charge is 2.30. The molecule has 3 rings (SSSR count). The number of aromatic nitrogens is 2. The first-order valence-electron chi connectivity index (χ1n) is 9.07. The molecule has 1 aromatic heterocycles. The molecule has 1 aliphatic heterocycles. The quantitative estimate of drug-likeness (QED) is 0.930. The van der Waals surface area contributed by atoms with Crippen LogP contribution < -0.4 is 0 Å². The summed E-state index contributed by atoms with van der Waals surface area (Å²) < 4.78 is 1.90. The second kappa shape index (κ2) is 7.40. The molecule has 0 aliphatic carbocycles. The molecule has 1 N–H and O–H groups in total. The van der Waals surface area contributed by atoms with Crippen LogP contribution in [0.25, 0.3) is 5.69 Å². The average molecular weight is 341 g/mol. The van der Waals surface area contributed by atoms with Crippen LogP contribution >= 0.6 is 0 Å². The molecule has 2 atom stereocenters. The third kappa shape index (κ3) is 3.61. The topological polar surface area (TPSA) is 58.4 Å². The Bertz CT molecular complexity index is 737. The molecule has 0 saturated carbocycles. The fourth-order valence-corrected chi connectivity index (χ4v) is 3.77. The van der Waals surface area contributed by atoms with Crippen LogP contribution in [0.5, 0.6) is 0 Å². The van der Waals surface area contributed by atoms with Crippen LogP contribution in [0.1, 0.15) is 43.1 Å². The summed E-state index contributed by atoms with van der Waals surface area (Å²) in [6.45, 7) is 6.48. The van der Waals surface area contributed by atoms with Crippen molar-refractivity contribution >= 4 is 5.91 Å². The fraction of sp³-hybridized carbons (Fsp3) is 0.500. The van der Waals surface area contributed by atoms with Gasteiger partial charge in [-0.05, 0) is 52.2 Å². The molecule has 134 valence electrons. The molecule has 0 spiro atoms. The molecule has 2 heterocycles. The first-order chi connectivity index (χ1) is 12.0. The molecule has 1 amide bonds. The van der Waals surface area contributed by atoms with E-state index in [4.69, 9.17) is 0 Å². The van der Waals surface area contributed by atoms with Crippen molar-refractivity contribution in [3.63, 3.8) is 0 Å². The molecule has 5 nitrogen and oxygen atoms in total. The van der Waals surface area contributed by atoms with Crippen molar-refractivity contribution in [2.75, 3.05) is 6.54 Å². The van der Waals surface area contributed by atoms with E-state index in [2.05, 4.69) is 5.10 Å². The Morgan fingerprint density at radius 1 is 1.28 bits per heavy atom. The normalized spacial score (nSPS) is 19.0. The first kappa shape index (κ1) is 17.7. The Morgan fingerprint density at radius 2 is 2.00 bits per heavy atom. The van der Waals surface area contributed by atoms with Gasteiger partial charge in [0.15, 0.2) is 0 Å². The fourth-order valence-electron chi connectivity index (χ4n) is 3.77. The van der Waals surface area contributed by atoms with Crippen molar-refractivity contribution in [1.82, 2.24) is 14.7 Å². The minimum absolute atomic E-state index is 0.0639. The molecule has 1 aliphatic rings. The SMILES string of the molecule is Cc1nn(-c2ccccc2)c(C)c1CC(=O)N1CCCCC1C(C)O. The Labute approximate surface area is 149 Å². The molecule has 25 heavy (non-hydrogen) atoms. The third-order valence-electron chi connectivity index (χ3n) is 5.20. The zero-order valence-corrected chi connectivity index (χ0v) is 15.3. The van der Waals surface area contributed by atoms with Gasteiger partial charge in [0.25, 0.3) is 0 Å². The van der Waals surface area contributed by atoms with Crippen molar-refractivity contribution in [1.29, 1.82) is 0 Å². The number of para-hydroxylation sites is 1. The van der Waals surface area contributed by atoms with Crippen molar-refractivity contribution in [3.05, 3.63) is 47.3 Å². The maximum atomic E-state index is 12.9. The maximum absolute atomic E-state index is 12.9. The van der Waals surface area contributed by atoms with Crippen LogP contribution in [0.2, 0.25) is 0 Å². The molecule has 5 heteroatoms. The lowest BCUT2D eigenvalue weighted by molar-refractivity contribution is -0.137. The lowest BCUT2D eigenvalue weighted by Crippen LogP contribution is -2.49. The molecule has 2 aromatic rings. The molecular weight excluding hydrogens is 314 g/mol. The Balaban J connectivity index is 1.83. The Kier molecular flexibility index (Phi) is 5.23. The predicted octanol–water partition coefficient (Wildman–Crippen LogP) is 2.79. The summed E-state index contributed by atoms with van der Waals surface area (Å²) in [5, 5.41) is 14.6. The van der Waals surface area contributed by atoms with Gasteiger partial charge in [-0.1, -0.05) is 18.2 Å². The van der Waals surface area contributed by atoms with Gasteiger partial charge >= 0.3 is 0 Å². The maximum Gasteiger partial charge on any atom is 0.227 e. The molecule has 2 unspecified atom stereocenters. The number of nitrogens with zero attached hydrogens (tertiary/aromatic N) is 3.